The Morgan fingerprint density at radius 2 is 0.778 bits per heavy atom. The maximum absolute atomic E-state index is 11.9. The summed E-state index contributed by atoms with van der Waals surface area (Å²) < 4.78 is 5.61. The lowest BCUT2D eigenvalue weighted by molar-refractivity contribution is -0.150. The van der Waals surface area contributed by atoms with E-state index in [0.29, 0.717) is 6.42 Å². The van der Waals surface area contributed by atoms with Crippen LogP contribution in [-0.4, -0.2) is 12.1 Å². The molecule has 0 aromatic carbocycles. The van der Waals surface area contributed by atoms with E-state index in [-0.39, 0.29) is 12.1 Å². The number of hydrogen-bond donors (Lipinski definition) is 0. The first-order valence-electron chi connectivity index (χ1n) is 17.0. The first-order chi connectivity index (χ1) is 17.8. The lowest BCUT2D eigenvalue weighted by atomic mass is 9.98. The molecular weight excluding hydrogens is 440 g/mol. The highest BCUT2D eigenvalue weighted by molar-refractivity contribution is 5.69. The Labute approximate surface area is 227 Å². The van der Waals surface area contributed by atoms with Crippen molar-refractivity contribution >= 4 is 5.97 Å². The van der Waals surface area contributed by atoms with Gasteiger partial charge in [0, 0.05) is 6.42 Å². The molecule has 0 atom stereocenters. The summed E-state index contributed by atoms with van der Waals surface area (Å²) >= 11 is 0. The van der Waals surface area contributed by atoms with Crippen LogP contribution < -0.4 is 0 Å². The molecule has 0 aromatic rings. The van der Waals surface area contributed by atoms with Gasteiger partial charge >= 0.3 is 5.97 Å². The third-order valence-electron chi connectivity index (χ3n) is 8.33. The number of hydrogen-bond acceptors (Lipinski definition) is 2. The maximum atomic E-state index is 11.9. The standard InChI is InChI=1S/C34H66O2/c1-2-3-4-5-6-7-8-9-10-11-12-13-14-15-16-17-18-19-20-21-22-23-24-25-29-32-34(35)36-33-30-27-26-28-31-33/h33H,2-32H2,1H3. The molecule has 0 amide bonds. The Bertz CT molecular complexity index is 440. The van der Waals surface area contributed by atoms with Gasteiger partial charge in [0.25, 0.3) is 0 Å². The highest BCUT2D eigenvalue weighted by Crippen LogP contribution is 2.21. The lowest BCUT2D eigenvalue weighted by Crippen LogP contribution is -2.20. The molecule has 2 nitrogen and oxygen atoms in total. The summed E-state index contributed by atoms with van der Waals surface area (Å²) in [5.74, 6) is 0.0518. The Balaban J connectivity index is 1.65. The minimum absolute atomic E-state index is 0.0518. The Morgan fingerprint density at radius 3 is 1.11 bits per heavy atom. The first kappa shape index (κ1) is 33.5. The molecule has 1 rings (SSSR count). The quantitative estimate of drug-likeness (QED) is 0.0817. The minimum atomic E-state index is 0.0518. The van der Waals surface area contributed by atoms with Gasteiger partial charge in [0.1, 0.15) is 6.10 Å². The van der Waals surface area contributed by atoms with E-state index in [2.05, 4.69) is 6.92 Å². The van der Waals surface area contributed by atoms with Crippen LogP contribution in [0.5, 0.6) is 0 Å². The lowest BCUT2D eigenvalue weighted by Gasteiger charge is -2.21. The predicted octanol–water partition coefficient (Wildman–Crippen LogP) is 12.0. The molecule has 0 unspecified atom stereocenters. The van der Waals surface area contributed by atoms with Crippen molar-refractivity contribution in [2.45, 2.75) is 212 Å². The molecule has 0 aromatic heterocycles. The molecule has 0 heterocycles. The van der Waals surface area contributed by atoms with Crippen LogP contribution in [0.15, 0.2) is 0 Å². The van der Waals surface area contributed by atoms with Crippen molar-refractivity contribution in [3.8, 4) is 0 Å². The maximum Gasteiger partial charge on any atom is 0.306 e. The van der Waals surface area contributed by atoms with E-state index in [1.54, 1.807) is 0 Å². The van der Waals surface area contributed by atoms with E-state index in [0.717, 1.165) is 19.3 Å². The fourth-order valence-electron chi connectivity index (χ4n) is 5.84. The highest BCUT2D eigenvalue weighted by atomic mass is 16.5. The molecule has 1 saturated carbocycles. The van der Waals surface area contributed by atoms with Gasteiger partial charge < -0.3 is 4.74 Å². The summed E-state index contributed by atoms with van der Waals surface area (Å²) in [4.78, 5) is 11.9. The highest BCUT2D eigenvalue weighted by Gasteiger charge is 2.17. The summed E-state index contributed by atoms with van der Waals surface area (Å²) in [6.07, 6.45) is 42.1. The van der Waals surface area contributed by atoms with Gasteiger partial charge in [-0.3, -0.25) is 4.79 Å². The zero-order valence-corrected chi connectivity index (χ0v) is 24.8. The average Bonchev–Trinajstić information content (AvgIpc) is 2.89. The second kappa shape index (κ2) is 27.5. The Morgan fingerprint density at radius 1 is 0.472 bits per heavy atom. The van der Waals surface area contributed by atoms with Gasteiger partial charge in [-0.1, -0.05) is 167 Å². The number of ether oxygens (including phenoxy) is 1. The Kier molecular flexibility index (Phi) is 25.6. The van der Waals surface area contributed by atoms with Crippen molar-refractivity contribution in [1.82, 2.24) is 0 Å². The van der Waals surface area contributed by atoms with E-state index in [9.17, 15) is 4.79 Å². The second-order valence-corrected chi connectivity index (χ2v) is 12.0. The number of esters is 1. The molecule has 214 valence electrons. The van der Waals surface area contributed by atoms with Crippen LogP contribution in [0.4, 0.5) is 0 Å². The molecule has 0 aliphatic heterocycles. The van der Waals surface area contributed by atoms with Gasteiger partial charge in [-0.2, -0.15) is 0 Å². The number of carbonyl (C=O) groups excluding carboxylic acids is 1. The molecule has 0 N–H and O–H groups in total. The van der Waals surface area contributed by atoms with Crippen molar-refractivity contribution in [2.24, 2.45) is 0 Å². The summed E-state index contributed by atoms with van der Waals surface area (Å²) in [7, 11) is 0. The number of carbonyl (C=O) groups is 1. The first-order valence-corrected chi connectivity index (χ1v) is 17.0. The van der Waals surface area contributed by atoms with Crippen molar-refractivity contribution < 1.29 is 9.53 Å². The minimum Gasteiger partial charge on any atom is -0.462 e. The molecule has 36 heavy (non-hydrogen) atoms. The van der Waals surface area contributed by atoms with Crippen molar-refractivity contribution in [3.05, 3.63) is 0 Å². The molecule has 0 radical (unpaired) electrons. The van der Waals surface area contributed by atoms with Gasteiger partial charge in [-0.25, -0.2) is 0 Å². The van der Waals surface area contributed by atoms with Crippen LogP contribution in [-0.2, 0) is 9.53 Å². The topological polar surface area (TPSA) is 26.3 Å². The van der Waals surface area contributed by atoms with Gasteiger partial charge in [0.15, 0.2) is 0 Å². The van der Waals surface area contributed by atoms with E-state index in [1.165, 1.54) is 173 Å². The van der Waals surface area contributed by atoms with Gasteiger partial charge in [0.05, 0.1) is 0 Å². The summed E-state index contributed by atoms with van der Waals surface area (Å²) in [5.41, 5.74) is 0. The smallest absolute Gasteiger partial charge is 0.306 e. The zero-order chi connectivity index (χ0) is 25.8. The molecule has 0 bridgehead atoms. The van der Waals surface area contributed by atoms with Crippen molar-refractivity contribution in [3.63, 3.8) is 0 Å². The molecule has 1 aliphatic rings. The SMILES string of the molecule is CCCCCCCCCCCCCCCCCCCCCCCCCCCC(=O)OC1CCCCC1. The number of rotatable bonds is 27. The van der Waals surface area contributed by atoms with Crippen LogP contribution in [0.3, 0.4) is 0 Å². The molecule has 1 fully saturated rings. The summed E-state index contributed by atoms with van der Waals surface area (Å²) in [5, 5.41) is 0. The zero-order valence-electron chi connectivity index (χ0n) is 24.8. The van der Waals surface area contributed by atoms with Crippen molar-refractivity contribution in [1.29, 1.82) is 0 Å². The molecular formula is C34H66O2. The van der Waals surface area contributed by atoms with Gasteiger partial charge in [-0.15, -0.1) is 0 Å². The average molecular weight is 507 g/mol. The predicted molar refractivity (Wildman–Crippen MR) is 159 cm³/mol. The van der Waals surface area contributed by atoms with Crippen LogP contribution in [0.1, 0.15) is 206 Å². The largest absolute Gasteiger partial charge is 0.462 e. The van der Waals surface area contributed by atoms with E-state index in [1.807, 2.05) is 0 Å². The molecule has 0 saturated heterocycles. The fraction of sp³-hybridized carbons (Fsp3) is 0.971. The third-order valence-corrected chi connectivity index (χ3v) is 8.33. The van der Waals surface area contributed by atoms with Gasteiger partial charge in [0.2, 0.25) is 0 Å². The summed E-state index contributed by atoms with van der Waals surface area (Å²) in [6.45, 7) is 2.30. The summed E-state index contributed by atoms with van der Waals surface area (Å²) in [6, 6.07) is 0. The van der Waals surface area contributed by atoms with Crippen LogP contribution >= 0.6 is 0 Å². The van der Waals surface area contributed by atoms with Crippen LogP contribution in [0, 0.1) is 0 Å². The van der Waals surface area contributed by atoms with Crippen molar-refractivity contribution in [2.75, 3.05) is 0 Å². The van der Waals surface area contributed by atoms with Gasteiger partial charge in [-0.05, 0) is 32.1 Å². The van der Waals surface area contributed by atoms with E-state index < -0.39 is 0 Å². The monoisotopic (exact) mass is 507 g/mol. The molecule has 0 spiro atoms. The van der Waals surface area contributed by atoms with E-state index in [4.69, 9.17) is 4.74 Å². The molecule has 1 aliphatic carbocycles. The van der Waals surface area contributed by atoms with Crippen LogP contribution in [0.2, 0.25) is 0 Å². The van der Waals surface area contributed by atoms with E-state index >= 15 is 0 Å². The third kappa shape index (κ3) is 23.8. The normalized spacial score (nSPS) is 14.4. The second-order valence-electron chi connectivity index (χ2n) is 12.0. The Hall–Kier alpha value is -0.530. The molecule has 2 heteroatoms. The fourth-order valence-corrected chi connectivity index (χ4v) is 5.84. The number of unbranched alkanes of at least 4 members (excludes halogenated alkanes) is 24. The van der Waals surface area contributed by atoms with Crippen LogP contribution in [0.25, 0.3) is 0 Å².